The number of aryl methyl sites for hydroxylation is 1. The first-order valence-electron chi connectivity index (χ1n) is 11.0. The zero-order valence-electron chi connectivity index (χ0n) is 19.0. The van der Waals surface area contributed by atoms with Crippen molar-refractivity contribution in [1.29, 1.82) is 0 Å². The third-order valence-corrected chi connectivity index (χ3v) is 6.54. The molecule has 3 aromatic rings. The summed E-state index contributed by atoms with van der Waals surface area (Å²) in [7, 11) is 3.28. The number of carbonyl (C=O) groups excluding carboxylic acids is 2. The second kappa shape index (κ2) is 8.37. The Morgan fingerprint density at radius 3 is 2.39 bits per heavy atom. The molecule has 6 nitrogen and oxygen atoms in total. The normalized spacial score (nSPS) is 17.7. The van der Waals surface area contributed by atoms with Crippen molar-refractivity contribution in [2.45, 2.75) is 19.4 Å². The van der Waals surface area contributed by atoms with E-state index in [2.05, 4.69) is 17.0 Å². The van der Waals surface area contributed by atoms with E-state index in [0.717, 1.165) is 29.7 Å². The molecule has 33 heavy (non-hydrogen) atoms. The van der Waals surface area contributed by atoms with Crippen LogP contribution in [0.5, 0.6) is 11.5 Å². The molecule has 2 heterocycles. The zero-order valence-corrected chi connectivity index (χ0v) is 19.0. The number of hydrogen-bond donors (Lipinski definition) is 0. The third-order valence-electron chi connectivity index (χ3n) is 6.54. The fourth-order valence-electron chi connectivity index (χ4n) is 4.91. The fraction of sp³-hybridized carbons (Fsp3) is 0.259. The zero-order chi connectivity index (χ0) is 23.1. The van der Waals surface area contributed by atoms with Crippen LogP contribution in [0.3, 0.4) is 0 Å². The minimum absolute atomic E-state index is 0.0906. The van der Waals surface area contributed by atoms with Crippen molar-refractivity contribution in [3.05, 3.63) is 88.5 Å². The maximum Gasteiger partial charge on any atom is 0.300 e. The maximum atomic E-state index is 12.9. The Morgan fingerprint density at radius 1 is 0.939 bits per heavy atom. The second-order valence-electron chi connectivity index (χ2n) is 8.51. The van der Waals surface area contributed by atoms with Crippen molar-refractivity contribution >= 4 is 17.4 Å². The smallest absolute Gasteiger partial charge is 0.300 e. The summed E-state index contributed by atoms with van der Waals surface area (Å²) in [5.74, 6) is 0.475. The highest BCUT2D eigenvalue weighted by atomic mass is 16.5. The second-order valence-corrected chi connectivity index (χ2v) is 8.51. The van der Waals surface area contributed by atoms with Crippen molar-refractivity contribution in [2.75, 3.05) is 32.3 Å². The molecule has 0 saturated heterocycles. The van der Waals surface area contributed by atoms with Gasteiger partial charge in [0.25, 0.3) is 5.78 Å². The van der Waals surface area contributed by atoms with Crippen LogP contribution in [0.25, 0.3) is 0 Å². The number of ether oxygens (including phenoxy) is 2. The first-order chi connectivity index (χ1) is 16.0. The quantitative estimate of drug-likeness (QED) is 0.556. The van der Waals surface area contributed by atoms with Gasteiger partial charge in [-0.2, -0.15) is 0 Å². The Balaban J connectivity index is 1.57. The number of ketones is 1. The monoisotopic (exact) mass is 442 g/mol. The number of benzene rings is 3. The highest BCUT2D eigenvalue weighted by molar-refractivity contribution is 6.52. The first-order valence-corrected chi connectivity index (χ1v) is 11.0. The van der Waals surface area contributed by atoms with Crippen molar-refractivity contribution < 1.29 is 19.1 Å². The largest absolute Gasteiger partial charge is 0.493 e. The Bertz CT molecular complexity index is 1240. The van der Waals surface area contributed by atoms with Gasteiger partial charge in [-0.05, 0) is 54.3 Å². The van der Waals surface area contributed by atoms with Crippen LogP contribution in [0.1, 0.15) is 38.7 Å². The molecule has 2 aliphatic heterocycles. The Morgan fingerprint density at radius 2 is 1.67 bits per heavy atom. The summed E-state index contributed by atoms with van der Waals surface area (Å²) in [5, 5.41) is 0. The predicted molar refractivity (Wildman–Crippen MR) is 126 cm³/mol. The molecule has 0 radical (unpaired) electrons. The van der Waals surface area contributed by atoms with Crippen LogP contribution >= 0.6 is 0 Å². The molecular formula is C27H26N2O4. The molecule has 6 heteroatoms. The summed E-state index contributed by atoms with van der Waals surface area (Å²) < 4.78 is 11.1. The molecule has 0 bridgehead atoms. The minimum atomic E-state index is -0.472. The molecule has 1 amide bonds. The topological polar surface area (TPSA) is 59.1 Å². The van der Waals surface area contributed by atoms with Gasteiger partial charge in [0.15, 0.2) is 11.5 Å². The first kappa shape index (κ1) is 21.2. The van der Waals surface area contributed by atoms with Gasteiger partial charge in [0.05, 0.1) is 38.2 Å². The summed E-state index contributed by atoms with van der Waals surface area (Å²) in [4.78, 5) is 29.5. The van der Waals surface area contributed by atoms with Crippen LogP contribution in [0.4, 0.5) is 5.69 Å². The Hall–Kier alpha value is -3.64. The van der Waals surface area contributed by atoms with E-state index in [-0.39, 0.29) is 6.04 Å². The van der Waals surface area contributed by atoms with Crippen LogP contribution in [-0.2, 0) is 11.2 Å². The van der Waals surface area contributed by atoms with Crippen molar-refractivity contribution in [2.24, 2.45) is 0 Å². The van der Waals surface area contributed by atoms with E-state index in [9.17, 15) is 9.59 Å². The highest BCUT2D eigenvalue weighted by Crippen LogP contribution is 2.42. The standard InChI is InChI=1S/C27H26N2O4/c1-17-9-10-22-21(13-17)26(30)27(31)29(22)16-28-12-11-19-14-23(32-2)24(33-3)15-20(19)25(28)18-7-5-4-6-8-18/h4-10,13-15,25H,11-12,16H2,1-3H3. The van der Waals surface area contributed by atoms with E-state index in [4.69, 9.17) is 9.47 Å². The number of amides is 1. The molecule has 0 saturated carbocycles. The maximum absolute atomic E-state index is 12.9. The summed E-state index contributed by atoms with van der Waals surface area (Å²) in [6.07, 6.45) is 0.801. The van der Waals surface area contributed by atoms with E-state index >= 15 is 0 Å². The van der Waals surface area contributed by atoms with Crippen LogP contribution < -0.4 is 14.4 Å². The molecule has 0 N–H and O–H groups in total. The van der Waals surface area contributed by atoms with Gasteiger partial charge < -0.3 is 9.47 Å². The van der Waals surface area contributed by atoms with Gasteiger partial charge >= 0.3 is 5.91 Å². The minimum Gasteiger partial charge on any atom is -0.493 e. The number of rotatable bonds is 5. The van der Waals surface area contributed by atoms with Crippen LogP contribution in [-0.4, -0.2) is 44.0 Å². The third kappa shape index (κ3) is 3.56. The molecular weight excluding hydrogens is 416 g/mol. The number of fused-ring (bicyclic) bond motifs is 2. The van der Waals surface area contributed by atoms with Crippen LogP contribution in [0.2, 0.25) is 0 Å². The predicted octanol–water partition coefficient (Wildman–Crippen LogP) is 4.15. The van der Waals surface area contributed by atoms with Gasteiger partial charge in [0.2, 0.25) is 0 Å². The Kier molecular flexibility index (Phi) is 5.38. The van der Waals surface area contributed by atoms with Crippen LogP contribution in [0, 0.1) is 6.92 Å². The molecule has 0 aliphatic carbocycles. The number of nitrogens with zero attached hydrogens (tertiary/aromatic N) is 2. The van der Waals surface area contributed by atoms with E-state index in [1.54, 1.807) is 25.2 Å². The summed E-state index contributed by atoms with van der Waals surface area (Å²) in [6.45, 7) is 2.99. The van der Waals surface area contributed by atoms with Gasteiger partial charge in [0.1, 0.15) is 0 Å². The summed E-state index contributed by atoms with van der Waals surface area (Å²) in [5.41, 5.74) is 5.56. The lowest BCUT2D eigenvalue weighted by Crippen LogP contribution is -2.45. The molecule has 2 aliphatic rings. The average Bonchev–Trinajstić information content (AvgIpc) is 3.07. The SMILES string of the molecule is COc1cc2c(cc1OC)C(c1ccccc1)N(CN1C(=O)C(=O)c3cc(C)ccc31)CC2. The molecule has 0 fully saturated rings. The van der Waals surface area contributed by atoms with E-state index in [0.29, 0.717) is 29.4 Å². The van der Waals surface area contributed by atoms with Gasteiger partial charge in [-0.25, -0.2) is 0 Å². The van der Waals surface area contributed by atoms with Crippen LogP contribution in [0.15, 0.2) is 60.7 Å². The fourth-order valence-corrected chi connectivity index (χ4v) is 4.91. The molecule has 0 aromatic heterocycles. The van der Waals surface area contributed by atoms with Gasteiger partial charge in [-0.1, -0.05) is 42.0 Å². The summed E-state index contributed by atoms with van der Waals surface area (Å²) >= 11 is 0. The summed E-state index contributed by atoms with van der Waals surface area (Å²) in [6, 6.07) is 19.8. The molecule has 168 valence electrons. The van der Waals surface area contributed by atoms with Gasteiger partial charge in [0, 0.05) is 6.54 Å². The highest BCUT2D eigenvalue weighted by Gasteiger charge is 2.39. The van der Waals surface area contributed by atoms with Crippen molar-refractivity contribution in [3.8, 4) is 11.5 Å². The Labute approximate surface area is 193 Å². The number of Topliss-reactive ketones (excluding diaryl/α,β-unsaturated/α-hetero) is 1. The van der Waals surface area contributed by atoms with Crippen molar-refractivity contribution in [3.63, 3.8) is 0 Å². The number of methoxy groups -OCH3 is 2. The van der Waals surface area contributed by atoms with E-state index in [1.807, 2.05) is 49.4 Å². The number of carbonyl (C=O) groups is 2. The lowest BCUT2D eigenvalue weighted by atomic mass is 9.88. The average molecular weight is 443 g/mol. The molecule has 3 aromatic carbocycles. The number of hydrogen-bond acceptors (Lipinski definition) is 5. The number of anilines is 1. The van der Waals surface area contributed by atoms with E-state index < -0.39 is 11.7 Å². The molecule has 1 atom stereocenters. The van der Waals surface area contributed by atoms with Crippen molar-refractivity contribution in [1.82, 2.24) is 4.90 Å². The molecule has 1 unspecified atom stereocenters. The molecule has 0 spiro atoms. The van der Waals surface area contributed by atoms with Gasteiger partial charge in [-0.3, -0.25) is 19.4 Å². The lowest BCUT2D eigenvalue weighted by molar-refractivity contribution is -0.114. The van der Waals surface area contributed by atoms with E-state index in [1.165, 1.54) is 5.56 Å². The molecule has 5 rings (SSSR count). The van der Waals surface area contributed by atoms with Gasteiger partial charge in [-0.15, -0.1) is 0 Å². The lowest BCUT2D eigenvalue weighted by Gasteiger charge is -2.40.